The van der Waals surface area contributed by atoms with Gasteiger partial charge >= 0.3 is 0 Å². The first kappa shape index (κ1) is 12.6. The zero-order valence-corrected chi connectivity index (χ0v) is 9.86. The van der Waals surface area contributed by atoms with Gasteiger partial charge in [0.2, 0.25) is 0 Å². The Labute approximate surface area is 96.5 Å². The maximum atomic E-state index is 11.6. The molecule has 0 atom stereocenters. The van der Waals surface area contributed by atoms with E-state index in [2.05, 4.69) is 19.2 Å². The van der Waals surface area contributed by atoms with Gasteiger partial charge in [-0.25, -0.2) is 0 Å². The minimum absolute atomic E-state index is 0.0314. The van der Waals surface area contributed by atoms with Gasteiger partial charge in [-0.15, -0.1) is 0 Å². The molecular formula is C13H19NO2. The van der Waals surface area contributed by atoms with Crippen molar-refractivity contribution in [3.63, 3.8) is 0 Å². The van der Waals surface area contributed by atoms with Crippen LogP contribution in [0.15, 0.2) is 24.3 Å². The van der Waals surface area contributed by atoms with E-state index in [4.69, 9.17) is 0 Å². The Kier molecular flexibility index (Phi) is 4.83. The Morgan fingerprint density at radius 1 is 1.38 bits per heavy atom. The van der Waals surface area contributed by atoms with E-state index in [0.717, 1.165) is 12.8 Å². The smallest absolute Gasteiger partial charge is 0.255 e. The Morgan fingerprint density at radius 3 is 2.69 bits per heavy atom. The summed E-state index contributed by atoms with van der Waals surface area (Å²) in [4.78, 5) is 11.6. The Bertz CT molecular complexity index is 348. The molecule has 3 nitrogen and oxygen atoms in total. The number of amides is 1. The fourth-order valence-electron chi connectivity index (χ4n) is 1.47. The summed E-state index contributed by atoms with van der Waals surface area (Å²) in [5, 5.41) is 12.3. The average Bonchev–Trinajstić information content (AvgIpc) is 2.24. The van der Waals surface area contributed by atoms with Gasteiger partial charge in [0.15, 0.2) is 0 Å². The highest BCUT2D eigenvalue weighted by molar-refractivity contribution is 5.96. The zero-order valence-electron chi connectivity index (χ0n) is 9.86. The number of hydrogen-bond acceptors (Lipinski definition) is 2. The summed E-state index contributed by atoms with van der Waals surface area (Å²) in [6, 6.07) is 6.57. The maximum absolute atomic E-state index is 11.6. The van der Waals surface area contributed by atoms with Gasteiger partial charge in [-0.3, -0.25) is 4.79 Å². The second kappa shape index (κ2) is 6.16. The fraction of sp³-hybridized carbons (Fsp3) is 0.462. The van der Waals surface area contributed by atoms with Crippen LogP contribution in [0.4, 0.5) is 0 Å². The standard InChI is InChI=1S/C13H19NO2/c1-10(2)6-5-9-14-13(16)11-7-3-4-8-12(11)15/h3-4,7-8,10,15H,5-6,9H2,1-2H3,(H,14,16). The van der Waals surface area contributed by atoms with E-state index in [1.807, 2.05) is 0 Å². The molecule has 1 aromatic rings. The number of aromatic hydroxyl groups is 1. The number of nitrogens with one attached hydrogen (secondary N) is 1. The number of phenolic OH excluding ortho intramolecular Hbond substituents is 1. The predicted octanol–water partition coefficient (Wildman–Crippen LogP) is 2.56. The van der Waals surface area contributed by atoms with Gasteiger partial charge < -0.3 is 10.4 Å². The van der Waals surface area contributed by atoms with Crippen molar-refractivity contribution in [3.8, 4) is 5.75 Å². The number of benzene rings is 1. The lowest BCUT2D eigenvalue weighted by Gasteiger charge is -2.07. The van der Waals surface area contributed by atoms with Gasteiger partial charge in [-0.05, 0) is 30.9 Å². The normalized spacial score (nSPS) is 10.4. The Balaban J connectivity index is 2.39. The van der Waals surface area contributed by atoms with E-state index in [1.54, 1.807) is 18.2 Å². The SMILES string of the molecule is CC(C)CCCNC(=O)c1ccccc1O. The van der Waals surface area contributed by atoms with Crippen molar-refractivity contribution in [2.75, 3.05) is 6.54 Å². The van der Waals surface area contributed by atoms with Crippen LogP contribution >= 0.6 is 0 Å². The van der Waals surface area contributed by atoms with Gasteiger partial charge in [0.25, 0.3) is 5.91 Å². The molecule has 1 rings (SSSR count). The van der Waals surface area contributed by atoms with Crippen LogP contribution in [0.3, 0.4) is 0 Å². The maximum Gasteiger partial charge on any atom is 0.255 e. The number of rotatable bonds is 5. The third-order valence-corrected chi connectivity index (χ3v) is 2.39. The molecule has 0 heterocycles. The minimum Gasteiger partial charge on any atom is -0.507 e. The molecule has 1 amide bonds. The molecule has 2 N–H and O–H groups in total. The molecule has 0 bridgehead atoms. The van der Waals surface area contributed by atoms with Crippen LogP contribution in [0.25, 0.3) is 0 Å². The molecular weight excluding hydrogens is 202 g/mol. The lowest BCUT2D eigenvalue weighted by molar-refractivity contribution is 0.0950. The van der Waals surface area contributed by atoms with E-state index < -0.39 is 0 Å². The predicted molar refractivity (Wildman–Crippen MR) is 64.5 cm³/mol. The molecule has 1 aromatic carbocycles. The van der Waals surface area contributed by atoms with Crippen LogP contribution in [-0.2, 0) is 0 Å². The topological polar surface area (TPSA) is 49.3 Å². The lowest BCUT2D eigenvalue weighted by Crippen LogP contribution is -2.24. The largest absolute Gasteiger partial charge is 0.507 e. The van der Waals surface area contributed by atoms with Crippen molar-refractivity contribution < 1.29 is 9.90 Å². The van der Waals surface area contributed by atoms with Crippen LogP contribution in [-0.4, -0.2) is 17.6 Å². The Hall–Kier alpha value is -1.51. The third kappa shape index (κ3) is 3.93. The van der Waals surface area contributed by atoms with E-state index in [1.165, 1.54) is 6.07 Å². The van der Waals surface area contributed by atoms with Crippen molar-refractivity contribution in [1.29, 1.82) is 0 Å². The number of hydrogen-bond donors (Lipinski definition) is 2. The van der Waals surface area contributed by atoms with Crippen LogP contribution in [0.5, 0.6) is 5.75 Å². The zero-order chi connectivity index (χ0) is 12.0. The van der Waals surface area contributed by atoms with Gasteiger partial charge in [0, 0.05) is 6.54 Å². The van der Waals surface area contributed by atoms with Crippen LogP contribution in [0, 0.1) is 5.92 Å². The lowest BCUT2D eigenvalue weighted by atomic mass is 10.1. The highest BCUT2D eigenvalue weighted by atomic mass is 16.3. The molecule has 0 aliphatic heterocycles. The van der Waals surface area contributed by atoms with Crippen molar-refractivity contribution in [2.45, 2.75) is 26.7 Å². The van der Waals surface area contributed by atoms with Crippen molar-refractivity contribution in [2.24, 2.45) is 5.92 Å². The van der Waals surface area contributed by atoms with Crippen LogP contribution < -0.4 is 5.32 Å². The van der Waals surface area contributed by atoms with E-state index in [0.29, 0.717) is 18.0 Å². The minimum atomic E-state index is -0.207. The molecule has 0 saturated heterocycles. The first-order valence-corrected chi connectivity index (χ1v) is 5.67. The molecule has 0 unspecified atom stereocenters. The first-order chi connectivity index (χ1) is 7.61. The molecule has 0 saturated carbocycles. The number of carbonyl (C=O) groups is 1. The van der Waals surface area contributed by atoms with Crippen molar-refractivity contribution >= 4 is 5.91 Å². The van der Waals surface area contributed by atoms with Crippen molar-refractivity contribution in [1.82, 2.24) is 5.32 Å². The second-order valence-corrected chi connectivity index (χ2v) is 4.31. The third-order valence-electron chi connectivity index (χ3n) is 2.39. The Morgan fingerprint density at radius 2 is 2.06 bits per heavy atom. The van der Waals surface area contributed by atoms with E-state index >= 15 is 0 Å². The molecule has 0 aliphatic carbocycles. The molecule has 0 radical (unpaired) electrons. The number of para-hydroxylation sites is 1. The van der Waals surface area contributed by atoms with E-state index in [-0.39, 0.29) is 11.7 Å². The molecule has 16 heavy (non-hydrogen) atoms. The summed E-state index contributed by atoms with van der Waals surface area (Å²) in [7, 11) is 0. The quantitative estimate of drug-likeness (QED) is 0.751. The molecule has 0 fully saturated rings. The van der Waals surface area contributed by atoms with Gasteiger partial charge in [0.1, 0.15) is 5.75 Å². The highest BCUT2D eigenvalue weighted by Crippen LogP contribution is 2.14. The van der Waals surface area contributed by atoms with Crippen LogP contribution in [0.1, 0.15) is 37.0 Å². The fourth-order valence-corrected chi connectivity index (χ4v) is 1.47. The summed E-state index contributed by atoms with van der Waals surface area (Å²) in [6.07, 6.45) is 2.07. The van der Waals surface area contributed by atoms with Crippen LogP contribution in [0.2, 0.25) is 0 Å². The summed E-state index contributed by atoms with van der Waals surface area (Å²) >= 11 is 0. The molecule has 0 aromatic heterocycles. The summed E-state index contributed by atoms with van der Waals surface area (Å²) in [5.41, 5.74) is 0.340. The molecule has 3 heteroatoms. The van der Waals surface area contributed by atoms with E-state index in [9.17, 15) is 9.90 Å². The van der Waals surface area contributed by atoms with Gasteiger partial charge in [0.05, 0.1) is 5.56 Å². The van der Waals surface area contributed by atoms with Gasteiger partial charge in [-0.2, -0.15) is 0 Å². The molecule has 0 spiro atoms. The number of carbonyl (C=O) groups excluding carboxylic acids is 1. The molecule has 0 aliphatic rings. The number of phenols is 1. The second-order valence-electron chi connectivity index (χ2n) is 4.31. The summed E-state index contributed by atoms with van der Waals surface area (Å²) in [6.45, 7) is 4.97. The average molecular weight is 221 g/mol. The monoisotopic (exact) mass is 221 g/mol. The first-order valence-electron chi connectivity index (χ1n) is 5.67. The summed E-state index contributed by atoms with van der Waals surface area (Å²) < 4.78 is 0. The van der Waals surface area contributed by atoms with Gasteiger partial charge in [-0.1, -0.05) is 26.0 Å². The molecule has 88 valence electrons. The highest BCUT2D eigenvalue weighted by Gasteiger charge is 2.08. The van der Waals surface area contributed by atoms with Crippen molar-refractivity contribution in [3.05, 3.63) is 29.8 Å². The summed E-state index contributed by atoms with van der Waals surface area (Å²) in [5.74, 6) is 0.479.